The molecule has 0 aliphatic heterocycles. The number of hydrogen-bond acceptors (Lipinski definition) is 5. The largest absolute Gasteiger partial charge is 0.497 e. The van der Waals surface area contributed by atoms with Gasteiger partial charge in [0.15, 0.2) is 6.61 Å². The number of ether oxygens (including phenoxy) is 2. The molecule has 0 radical (unpaired) electrons. The van der Waals surface area contributed by atoms with E-state index in [1.807, 2.05) is 24.3 Å². The van der Waals surface area contributed by atoms with E-state index in [-0.39, 0.29) is 18.4 Å². The first kappa shape index (κ1) is 20.0. The van der Waals surface area contributed by atoms with Crippen LogP contribution in [0.5, 0.6) is 5.75 Å². The second-order valence-corrected chi connectivity index (χ2v) is 5.94. The molecule has 2 rings (SSSR count). The lowest BCUT2D eigenvalue weighted by molar-refractivity contribution is -0.133. The van der Waals surface area contributed by atoms with Gasteiger partial charge in [-0.05, 0) is 42.0 Å². The van der Waals surface area contributed by atoms with Gasteiger partial charge in [0.25, 0.3) is 5.91 Å². The molecule has 0 spiro atoms. The van der Waals surface area contributed by atoms with Crippen LogP contribution < -0.4 is 10.1 Å². The third-order valence-corrected chi connectivity index (χ3v) is 3.75. The van der Waals surface area contributed by atoms with Crippen LogP contribution in [0.4, 0.5) is 5.69 Å². The first-order chi connectivity index (χ1) is 12.9. The van der Waals surface area contributed by atoms with Crippen molar-refractivity contribution in [3.63, 3.8) is 0 Å². The minimum absolute atomic E-state index is 0.199. The van der Waals surface area contributed by atoms with Crippen LogP contribution in [0.15, 0.2) is 48.5 Å². The molecule has 2 amide bonds. The lowest BCUT2D eigenvalue weighted by Gasteiger charge is -2.17. The molecule has 0 aromatic heterocycles. The van der Waals surface area contributed by atoms with Crippen molar-refractivity contribution in [2.75, 3.05) is 26.1 Å². The molecule has 1 N–H and O–H groups in total. The number of likely N-dealkylation sites (N-methyl/N-ethyl adjacent to an activating group) is 1. The topological polar surface area (TPSA) is 84.9 Å². The van der Waals surface area contributed by atoms with Crippen molar-refractivity contribution in [2.45, 2.75) is 13.5 Å². The van der Waals surface area contributed by atoms with Crippen LogP contribution >= 0.6 is 0 Å². The van der Waals surface area contributed by atoms with E-state index in [4.69, 9.17) is 9.47 Å². The Morgan fingerprint density at radius 2 is 1.78 bits per heavy atom. The highest BCUT2D eigenvalue weighted by molar-refractivity contribution is 5.93. The van der Waals surface area contributed by atoms with E-state index in [2.05, 4.69) is 5.32 Å². The van der Waals surface area contributed by atoms with E-state index >= 15 is 0 Å². The van der Waals surface area contributed by atoms with Gasteiger partial charge in [-0.25, -0.2) is 4.79 Å². The normalized spacial score (nSPS) is 10.0. The molecule has 7 nitrogen and oxygen atoms in total. The smallest absolute Gasteiger partial charge is 0.338 e. The highest BCUT2D eigenvalue weighted by Gasteiger charge is 2.14. The standard InChI is InChI=1S/C20H22N2O5/c1-14(23)21-17-9-7-16(8-10-17)20(25)27-13-19(24)22(2)12-15-5-4-6-18(11-15)26-3/h4-11H,12-13H2,1-3H3,(H,21,23). The van der Waals surface area contributed by atoms with Crippen LogP contribution in [0, 0.1) is 0 Å². The Kier molecular flexibility index (Phi) is 6.93. The SMILES string of the molecule is COc1cccc(CN(C)C(=O)COC(=O)c2ccc(NC(C)=O)cc2)c1. The molecule has 0 fully saturated rings. The fourth-order valence-electron chi connectivity index (χ4n) is 2.35. The molecule has 7 heteroatoms. The molecule has 0 aliphatic rings. The first-order valence-electron chi connectivity index (χ1n) is 8.30. The summed E-state index contributed by atoms with van der Waals surface area (Å²) in [5, 5.41) is 2.61. The van der Waals surface area contributed by atoms with Gasteiger partial charge >= 0.3 is 5.97 Å². The Morgan fingerprint density at radius 1 is 1.07 bits per heavy atom. The lowest BCUT2D eigenvalue weighted by Crippen LogP contribution is -2.30. The van der Waals surface area contributed by atoms with Gasteiger partial charge in [0.1, 0.15) is 5.75 Å². The van der Waals surface area contributed by atoms with E-state index in [0.717, 1.165) is 5.56 Å². The van der Waals surface area contributed by atoms with Crippen LogP contribution in [0.25, 0.3) is 0 Å². The summed E-state index contributed by atoms with van der Waals surface area (Å²) in [6.07, 6.45) is 0. The molecule has 0 saturated heterocycles. The average molecular weight is 370 g/mol. The lowest BCUT2D eigenvalue weighted by atomic mass is 10.2. The van der Waals surface area contributed by atoms with E-state index in [1.165, 1.54) is 24.0 Å². The number of amides is 2. The van der Waals surface area contributed by atoms with Crippen molar-refractivity contribution in [1.29, 1.82) is 0 Å². The Hall–Kier alpha value is -3.35. The second-order valence-electron chi connectivity index (χ2n) is 5.94. The van der Waals surface area contributed by atoms with Crippen molar-refractivity contribution in [3.8, 4) is 5.75 Å². The highest BCUT2D eigenvalue weighted by Crippen LogP contribution is 2.14. The Morgan fingerprint density at radius 3 is 2.41 bits per heavy atom. The summed E-state index contributed by atoms with van der Waals surface area (Å²) in [6.45, 7) is 1.42. The molecule has 0 heterocycles. The molecule has 142 valence electrons. The second kappa shape index (κ2) is 9.38. The summed E-state index contributed by atoms with van der Waals surface area (Å²) in [5.41, 5.74) is 1.78. The number of nitrogens with one attached hydrogen (secondary N) is 1. The van der Waals surface area contributed by atoms with Gasteiger partial charge in [-0.1, -0.05) is 12.1 Å². The minimum atomic E-state index is -0.604. The average Bonchev–Trinajstić information content (AvgIpc) is 2.66. The Labute approximate surface area is 157 Å². The predicted molar refractivity (Wildman–Crippen MR) is 100 cm³/mol. The number of anilines is 1. The van der Waals surface area contributed by atoms with Crippen LogP contribution in [0.3, 0.4) is 0 Å². The van der Waals surface area contributed by atoms with Gasteiger partial charge < -0.3 is 19.7 Å². The fourth-order valence-corrected chi connectivity index (χ4v) is 2.35. The molecular weight excluding hydrogens is 348 g/mol. The summed E-state index contributed by atoms with van der Waals surface area (Å²) in [6, 6.07) is 13.6. The van der Waals surface area contributed by atoms with Crippen molar-refractivity contribution in [3.05, 3.63) is 59.7 Å². The zero-order chi connectivity index (χ0) is 19.8. The van der Waals surface area contributed by atoms with Gasteiger partial charge in [-0.15, -0.1) is 0 Å². The third-order valence-electron chi connectivity index (χ3n) is 3.75. The van der Waals surface area contributed by atoms with Crippen molar-refractivity contribution >= 4 is 23.5 Å². The number of carbonyl (C=O) groups excluding carboxylic acids is 3. The molecule has 0 bridgehead atoms. The van der Waals surface area contributed by atoms with Crippen molar-refractivity contribution in [1.82, 2.24) is 4.90 Å². The van der Waals surface area contributed by atoms with Crippen LogP contribution in [0.2, 0.25) is 0 Å². The predicted octanol–water partition coefficient (Wildman–Crippen LogP) is 2.47. The molecule has 27 heavy (non-hydrogen) atoms. The van der Waals surface area contributed by atoms with Gasteiger partial charge in [0.2, 0.25) is 5.91 Å². The molecule has 0 unspecified atom stereocenters. The maximum atomic E-state index is 12.2. The molecule has 0 aliphatic carbocycles. The fraction of sp³-hybridized carbons (Fsp3) is 0.250. The van der Waals surface area contributed by atoms with E-state index in [9.17, 15) is 14.4 Å². The van der Waals surface area contributed by atoms with Crippen molar-refractivity contribution < 1.29 is 23.9 Å². The molecule has 2 aromatic rings. The Balaban J connectivity index is 1.86. The summed E-state index contributed by atoms with van der Waals surface area (Å²) < 4.78 is 10.2. The number of benzene rings is 2. The number of nitrogens with zero attached hydrogens (tertiary/aromatic N) is 1. The summed E-state index contributed by atoms with van der Waals surface area (Å²) in [7, 11) is 3.22. The third kappa shape index (κ3) is 6.14. The van der Waals surface area contributed by atoms with Crippen LogP contribution in [-0.2, 0) is 20.9 Å². The highest BCUT2D eigenvalue weighted by atomic mass is 16.5. The number of carbonyl (C=O) groups is 3. The van der Waals surface area contributed by atoms with Gasteiger partial charge in [-0.3, -0.25) is 9.59 Å². The zero-order valence-electron chi connectivity index (χ0n) is 15.5. The minimum Gasteiger partial charge on any atom is -0.497 e. The molecule has 2 aromatic carbocycles. The summed E-state index contributed by atoms with van der Waals surface area (Å²) in [5.74, 6) is -0.411. The molecule has 0 saturated carbocycles. The first-order valence-corrected chi connectivity index (χ1v) is 8.30. The summed E-state index contributed by atoms with van der Waals surface area (Å²) >= 11 is 0. The van der Waals surface area contributed by atoms with Gasteiger partial charge in [0, 0.05) is 26.2 Å². The van der Waals surface area contributed by atoms with Gasteiger partial charge in [-0.2, -0.15) is 0 Å². The van der Waals surface area contributed by atoms with Crippen molar-refractivity contribution in [2.24, 2.45) is 0 Å². The number of esters is 1. The number of methoxy groups -OCH3 is 1. The quantitative estimate of drug-likeness (QED) is 0.757. The maximum Gasteiger partial charge on any atom is 0.338 e. The molecule has 0 atom stereocenters. The van der Waals surface area contributed by atoms with E-state index in [1.54, 1.807) is 26.3 Å². The van der Waals surface area contributed by atoms with Crippen LogP contribution in [0.1, 0.15) is 22.8 Å². The van der Waals surface area contributed by atoms with Gasteiger partial charge in [0.05, 0.1) is 12.7 Å². The van der Waals surface area contributed by atoms with E-state index in [0.29, 0.717) is 23.5 Å². The number of hydrogen-bond donors (Lipinski definition) is 1. The van der Waals surface area contributed by atoms with E-state index < -0.39 is 5.97 Å². The number of rotatable bonds is 7. The monoisotopic (exact) mass is 370 g/mol. The zero-order valence-corrected chi connectivity index (χ0v) is 15.5. The maximum absolute atomic E-state index is 12.2. The van der Waals surface area contributed by atoms with Crippen LogP contribution in [-0.4, -0.2) is 43.4 Å². The summed E-state index contributed by atoms with van der Waals surface area (Å²) in [4.78, 5) is 36.7. The molecular formula is C20H22N2O5. The Bertz CT molecular complexity index is 817.